The van der Waals surface area contributed by atoms with Gasteiger partial charge in [-0.3, -0.25) is 4.79 Å². The van der Waals surface area contributed by atoms with E-state index in [-0.39, 0.29) is 11.9 Å². The molecule has 2 rings (SSSR count). The average Bonchev–Trinajstić information content (AvgIpc) is 2.82. The van der Waals surface area contributed by atoms with Crippen molar-refractivity contribution < 1.29 is 4.79 Å². The van der Waals surface area contributed by atoms with Gasteiger partial charge in [0.15, 0.2) is 0 Å². The molecule has 1 aliphatic rings. The lowest BCUT2D eigenvalue weighted by Gasteiger charge is -2.15. The molecule has 1 unspecified atom stereocenters. The molecule has 1 fully saturated rings. The molecule has 3 nitrogen and oxygen atoms in total. The summed E-state index contributed by atoms with van der Waals surface area (Å²) in [5, 5.41) is 3.06. The number of nitrogens with one attached hydrogen (secondary N) is 1. The summed E-state index contributed by atoms with van der Waals surface area (Å²) in [6, 6.07) is 9.97. The first-order valence-electron chi connectivity index (χ1n) is 6.35. The molecule has 1 saturated carbocycles. The molecule has 1 aromatic carbocycles. The summed E-state index contributed by atoms with van der Waals surface area (Å²) in [5.74, 6) is 0.0771. The molecule has 0 aromatic heterocycles. The number of nitrogens with two attached hydrogens (primary N) is 1. The van der Waals surface area contributed by atoms with Crippen LogP contribution >= 0.6 is 0 Å². The zero-order valence-corrected chi connectivity index (χ0v) is 10.1. The van der Waals surface area contributed by atoms with Gasteiger partial charge < -0.3 is 11.1 Å². The first kappa shape index (κ1) is 12.1. The van der Waals surface area contributed by atoms with Crippen molar-refractivity contribution in [3.63, 3.8) is 0 Å². The van der Waals surface area contributed by atoms with Gasteiger partial charge in [0.1, 0.15) is 0 Å². The van der Waals surface area contributed by atoms with Gasteiger partial charge in [-0.25, -0.2) is 0 Å². The fraction of sp³-hybridized carbons (Fsp3) is 0.500. The smallest absolute Gasteiger partial charge is 0.222 e. The molecule has 0 bridgehead atoms. The Bertz CT molecular complexity index is 358. The molecule has 1 aromatic rings. The van der Waals surface area contributed by atoms with Gasteiger partial charge in [-0.2, -0.15) is 0 Å². The van der Waals surface area contributed by atoms with E-state index in [1.807, 2.05) is 30.3 Å². The monoisotopic (exact) mass is 232 g/mol. The Labute approximate surface area is 102 Å². The van der Waals surface area contributed by atoms with Gasteiger partial charge in [0.05, 0.1) is 0 Å². The molecule has 3 heteroatoms. The standard InChI is InChI=1S/C14H20N2O/c15-13(11-6-2-1-3-7-11)10-14(17)16-12-8-4-5-9-12/h1-3,6-7,12-13H,4-5,8-10,15H2,(H,16,17). The number of benzene rings is 1. The third-order valence-electron chi connectivity index (χ3n) is 3.35. The van der Waals surface area contributed by atoms with Crippen LogP contribution < -0.4 is 11.1 Å². The van der Waals surface area contributed by atoms with Gasteiger partial charge in [0.25, 0.3) is 0 Å². The fourth-order valence-corrected chi connectivity index (χ4v) is 2.37. The Morgan fingerprint density at radius 1 is 1.29 bits per heavy atom. The molecular weight excluding hydrogens is 212 g/mol. The molecule has 92 valence electrons. The van der Waals surface area contributed by atoms with E-state index in [1.54, 1.807) is 0 Å². The SMILES string of the molecule is NC(CC(=O)NC1CCCC1)c1ccccc1. The van der Waals surface area contributed by atoms with Crippen LogP contribution in [-0.2, 0) is 4.79 Å². The van der Waals surface area contributed by atoms with Crippen LogP contribution in [-0.4, -0.2) is 11.9 Å². The third kappa shape index (κ3) is 3.56. The minimum atomic E-state index is -0.197. The highest BCUT2D eigenvalue weighted by molar-refractivity contribution is 5.77. The summed E-state index contributed by atoms with van der Waals surface area (Å²) >= 11 is 0. The van der Waals surface area contributed by atoms with E-state index in [1.165, 1.54) is 12.8 Å². The predicted molar refractivity (Wildman–Crippen MR) is 68.4 cm³/mol. The van der Waals surface area contributed by atoms with E-state index in [4.69, 9.17) is 5.73 Å². The largest absolute Gasteiger partial charge is 0.353 e. The fourth-order valence-electron chi connectivity index (χ4n) is 2.37. The van der Waals surface area contributed by atoms with Crippen molar-refractivity contribution in [1.29, 1.82) is 0 Å². The molecule has 17 heavy (non-hydrogen) atoms. The van der Waals surface area contributed by atoms with E-state index in [0.717, 1.165) is 18.4 Å². The van der Waals surface area contributed by atoms with Crippen LogP contribution in [0.3, 0.4) is 0 Å². The van der Waals surface area contributed by atoms with Crippen molar-refractivity contribution in [1.82, 2.24) is 5.32 Å². The number of rotatable bonds is 4. The maximum Gasteiger partial charge on any atom is 0.222 e. The van der Waals surface area contributed by atoms with E-state index >= 15 is 0 Å². The summed E-state index contributed by atoms with van der Waals surface area (Å²) in [6.45, 7) is 0. The Balaban J connectivity index is 1.81. The van der Waals surface area contributed by atoms with Crippen LogP contribution in [0.4, 0.5) is 0 Å². The van der Waals surface area contributed by atoms with Crippen LogP contribution in [0.1, 0.15) is 43.7 Å². The molecule has 0 aliphatic heterocycles. The van der Waals surface area contributed by atoms with E-state index in [0.29, 0.717) is 12.5 Å². The highest BCUT2D eigenvalue weighted by Crippen LogP contribution is 2.19. The number of amides is 1. The molecule has 3 N–H and O–H groups in total. The summed E-state index contributed by atoms with van der Waals surface area (Å²) in [5.41, 5.74) is 7.03. The quantitative estimate of drug-likeness (QED) is 0.835. The van der Waals surface area contributed by atoms with Crippen LogP contribution in [0.25, 0.3) is 0 Å². The van der Waals surface area contributed by atoms with Crippen LogP contribution in [0.5, 0.6) is 0 Å². The van der Waals surface area contributed by atoms with Gasteiger partial charge in [-0.1, -0.05) is 43.2 Å². The Morgan fingerprint density at radius 3 is 2.59 bits per heavy atom. The summed E-state index contributed by atoms with van der Waals surface area (Å²) < 4.78 is 0. The van der Waals surface area contributed by atoms with E-state index < -0.39 is 0 Å². The summed E-state index contributed by atoms with van der Waals surface area (Å²) in [4.78, 5) is 11.8. The zero-order valence-electron chi connectivity index (χ0n) is 10.1. The number of carbonyl (C=O) groups excluding carboxylic acids is 1. The lowest BCUT2D eigenvalue weighted by molar-refractivity contribution is -0.122. The van der Waals surface area contributed by atoms with Gasteiger partial charge in [-0.15, -0.1) is 0 Å². The van der Waals surface area contributed by atoms with Gasteiger partial charge in [-0.05, 0) is 18.4 Å². The Kier molecular flexibility index (Phi) is 4.15. The summed E-state index contributed by atoms with van der Waals surface area (Å²) in [6.07, 6.45) is 5.07. The Morgan fingerprint density at radius 2 is 1.94 bits per heavy atom. The highest BCUT2D eigenvalue weighted by Gasteiger charge is 2.18. The molecule has 1 aliphatic carbocycles. The molecule has 0 spiro atoms. The zero-order chi connectivity index (χ0) is 12.1. The number of carbonyl (C=O) groups is 1. The number of hydrogen-bond acceptors (Lipinski definition) is 2. The average molecular weight is 232 g/mol. The lowest BCUT2D eigenvalue weighted by Crippen LogP contribution is -2.34. The summed E-state index contributed by atoms with van der Waals surface area (Å²) in [7, 11) is 0. The normalized spacial score (nSPS) is 17.9. The molecule has 0 heterocycles. The molecule has 0 radical (unpaired) electrons. The molecule has 1 amide bonds. The van der Waals surface area contributed by atoms with Gasteiger partial charge in [0.2, 0.25) is 5.91 Å². The predicted octanol–water partition coefficient (Wildman–Crippen LogP) is 2.14. The Hall–Kier alpha value is -1.35. The minimum Gasteiger partial charge on any atom is -0.353 e. The van der Waals surface area contributed by atoms with E-state index in [2.05, 4.69) is 5.32 Å². The maximum absolute atomic E-state index is 11.8. The highest BCUT2D eigenvalue weighted by atomic mass is 16.1. The van der Waals surface area contributed by atoms with Gasteiger partial charge >= 0.3 is 0 Å². The molecular formula is C14H20N2O. The van der Waals surface area contributed by atoms with Crippen molar-refractivity contribution in [2.24, 2.45) is 5.73 Å². The second kappa shape index (κ2) is 5.82. The molecule has 1 atom stereocenters. The van der Waals surface area contributed by atoms with Crippen LogP contribution in [0.15, 0.2) is 30.3 Å². The first-order chi connectivity index (χ1) is 8.25. The van der Waals surface area contributed by atoms with E-state index in [9.17, 15) is 4.79 Å². The van der Waals surface area contributed by atoms with Gasteiger partial charge in [0, 0.05) is 18.5 Å². The number of hydrogen-bond donors (Lipinski definition) is 2. The van der Waals surface area contributed by atoms with Crippen molar-refractivity contribution in [3.05, 3.63) is 35.9 Å². The van der Waals surface area contributed by atoms with Crippen molar-refractivity contribution in [2.45, 2.75) is 44.2 Å². The topological polar surface area (TPSA) is 55.1 Å². The van der Waals surface area contributed by atoms with Crippen molar-refractivity contribution >= 4 is 5.91 Å². The second-order valence-electron chi connectivity index (χ2n) is 4.77. The van der Waals surface area contributed by atoms with Crippen LogP contribution in [0, 0.1) is 0 Å². The lowest BCUT2D eigenvalue weighted by atomic mass is 10.0. The van der Waals surface area contributed by atoms with Crippen molar-refractivity contribution in [3.8, 4) is 0 Å². The molecule has 0 saturated heterocycles. The third-order valence-corrected chi connectivity index (χ3v) is 3.35. The maximum atomic E-state index is 11.8. The second-order valence-corrected chi connectivity index (χ2v) is 4.77. The van der Waals surface area contributed by atoms with Crippen LogP contribution in [0.2, 0.25) is 0 Å². The minimum absolute atomic E-state index is 0.0771. The van der Waals surface area contributed by atoms with Crippen molar-refractivity contribution in [2.75, 3.05) is 0 Å². The first-order valence-corrected chi connectivity index (χ1v) is 6.35.